The summed E-state index contributed by atoms with van der Waals surface area (Å²) in [5, 5.41) is 5.81. The van der Waals surface area contributed by atoms with E-state index in [2.05, 4.69) is 15.5 Å². The lowest BCUT2D eigenvalue weighted by molar-refractivity contribution is -0.127. The molecule has 1 aliphatic rings. The van der Waals surface area contributed by atoms with Crippen LogP contribution < -0.4 is 16.4 Å². The standard InChI is InChI=1S/C19H28N4O3/c1-12(2)21-19(26)15-8-10-23(11-9-15)13(3)18(25)22-16-6-4-14(5-7-16)17(20)24/h4-7,12-13,15H,8-11H2,1-3H3,(H2,20,24)(H,21,26)(H,22,25). The normalized spacial score (nSPS) is 16.9. The van der Waals surface area contributed by atoms with Gasteiger partial charge in [0.15, 0.2) is 0 Å². The maximum absolute atomic E-state index is 12.5. The molecule has 1 saturated heterocycles. The van der Waals surface area contributed by atoms with Crippen molar-refractivity contribution < 1.29 is 14.4 Å². The van der Waals surface area contributed by atoms with Gasteiger partial charge in [-0.05, 0) is 71.0 Å². The Labute approximate surface area is 154 Å². The summed E-state index contributed by atoms with van der Waals surface area (Å²) in [5.74, 6) is -0.487. The number of rotatable bonds is 6. The number of amides is 3. The number of anilines is 1. The van der Waals surface area contributed by atoms with E-state index in [-0.39, 0.29) is 29.8 Å². The van der Waals surface area contributed by atoms with E-state index in [0.717, 1.165) is 12.8 Å². The minimum Gasteiger partial charge on any atom is -0.366 e. The summed E-state index contributed by atoms with van der Waals surface area (Å²) >= 11 is 0. The first-order chi connectivity index (χ1) is 12.3. The number of piperidine rings is 1. The summed E-state index contributed by atoms with van der Waals surface area (Å²) in [6.07, 6.45) is 1.51. The van der Waals surface area contributed by atoms with Gasteiger partial charge in [-0.2, -0.15) is 0 Å². The first kappa shape index (κ1) is 19.9. The summed E-state index contributed by atoms with van der Waals surface area (Å²) in [6.45, 7) is 7.20. The molecule has 1 fully saturated rings. The predicted octanol–water partition coefficient (Wildman–Crippen LogP) is 1.35. The Morgan fingerprint density at radius 1 is 1.08 bits per heavy atom. The molecule has 4 N–H and O–H groups in total. The Balaban J connectivity index is 1.85. The number of hydrogen-bond acceptors (Lipinski definition) is 4. The van der Waals surface area contributed by atoms with Gasteiger partial charge >= 0.3 is 0 Å². The highest BCUT2D eigenvalue weighted by atomic mass is 16.2. The Morgan fingerprint density at radius 2 is 1.65 bits per heavy atom. The lowest BCUT2D eigenvalue weighted by atomic mass is 9.94. The third-order valence-electron chi connectivity index (χ3n) is 4.70. The molecule has 26 heavy (non-hydrogen) atoms. The second-order valence-electron chi connectivity index (χ2n) is 7.08. The number of primary amides is 1. The molecule has 0 bridgehead atoms. The number of nitrogens with one attached hydrogen (secondary N) is 2. The van der Waals surface area contributed by atoms with E-state index in [1.807, 2.05) is 20.8 Å². The van der Waals surface area contributed by atoms with Gasteiger partial charge in [0, 0.05) is 23.2 Å². The summed E-state index contributed by atoms with van der Waals surface area (Å²) in [7, 11) is 0. The maximum Gasteiger partial charge on any atom is 0.248 e. The molecule has 0 aromatic heterocycles. The van der Waals surface area contributed by atoms with Crippen LogP contribution in [0.3, 0.4) is 0 Å². The second-order valence-corrected chi connectivity index (χ2v) is 7.08. The molecule has 0 aliphatic carbocycles. The van der Waals surface area contributed by atoms with E-state index in [9.17, 15) is 14.4 Å². The van der Waals surface area contributed by atoms with Crippen LogP contribution in [-0.4, -0.2) is 47.8 Å². The van der Waals surface area contributed by atoms with Crippen molar-refractivity contribution in [2.24, 2.45) is 11.7 Å². The molecular weight excluding hydrogens is 332 g/mol. The Kier molecular flexibility index (Phi) is 6.74. The second kappa shape index (κ2) is 8.80. The highest BCUT2D eigenvalue weighted by Gasteiger charge is 2.29. The molecular formula is C19H28N4O3. The average molecular weight is 360 g/mol. The van der Waals surface area contributed by atoms with Gasteiger partial charge in [-0.1, -0.05) is 0 Å². The van der Waals surface area contributed by atoms with E-state index >= 15 is 0 Å². The molecule has 1 unspecified atom stereocenters. The zero-order chi connectivity index (χ0) is 19.3. The van der Waals surface area contributed by atoms with Crippen molar-refractivity contribution in [3.8, 4) is 0 Å². The molecule has 1 heterocycles. The van der Waals surface area contributed by atoms with Gasteiger partial charge < -0.3 is 16.4 Å². The summed E-state index contributed by atoms with van der Waals surface area (Å²) < 4.78 is 0. The van der Waals surface area contributed by atoms with E-state index in [1.165, 1.54) is 0 Å². The number of likely N-dealkylation sites (tertiary alicyclic amines) is 1. The average Bonchev–Trinajstić information content (AvgIpc) is 2.61. The molecule has 142 valence electrons. The zero-order valence-corrected chi connectivity index (χ0v) is 15.6. The maximum atomic E-state index is 12.5. The van der Waals surface area contributed by atoms with E-state index in [0.29, 0.717) is 24.3 Å². The van der Waals surface area contributed by atoms with Crippen molar-refractivity contribution in [2.45, 2.75) is 45.7 Å². The third kappa shape index (κ3) is 5.29. The summed E-state index contributed by atoms with van der Waals surface area (Å²) in [4.78, 5) is 37.7. The molecule has 0 radical (unpaired) electrons. The predicted molar refractivity (Wildman–Crippen MR) is 101 cm³/mol. The van der Waals surface area contributed by atoms with Gasteiger partial charge in [0.25, 0.3) is 0 Å². The van der Waals surface area contributed by atoms with Crippen LogP contribution in [0.2, 0.25) is 0 Å². The van der Waals surface area contributed by atoms with Crippen LogP contribution in [0.4, 0.5) is 5.69 Å². The minimum absolute atomic E-state index is 0.0188. The van der Waals surface area contributed by atoms with Gasteiger partial charge in [0.2, 0.25) is 17.7 Å². The van der Waals surface area contributed by atoms with Crippen molar-refractivity contribution >= 4 is 23.4 Å². The van der Waals surface area contributed by atoms with Crippen molar-refractivity contribution in [3.05, 3.63) is 29.8 Å². The number of carbonyl (C=O) groups is 3. The topological polar surface area (TPSA) is 105 Å². The molecule has 0 saturated carbocycles. The minimum atomic E-state index is -0.499. The molecule has 1 aromatic rings. The number of carbonyl (C=O) groups excluding carboxylic acids is 3. The summed E-state index contributed by atoms with van der Waals surface area (Å²) in [5.41, 5.74) is 6.23. The van der Waals surface area contributed by atoms with E-state index in [4.69, 9.17) is 5.73 Å². The molecule has 1 aromatic carbocycles. The van der Waals surface area contributed by atoms with E-state index < -0.39 is 5.91 Å². The van der Waals surface area contributed by atoms with Crippen LogP contribution in [0.25, 0.3) is 0 Å². The largest absolute Gasteiger partial charge is 0.366 e. The molecule has 2 rings (SSSR count). The smallest absolute Gasteiger partial charge is 0.248 e. The van der Waals surface area contributed by atoms with Gasteiger partial charge in [-0.25, -0.2) is 0 Å². The molecule has 7 heteroatoms. The van der Waals surface area contributed by atoms with Crippen LogP contribution in [0.5, 0.6) is 0 Å². The SMILES string of the molecule is CC(C)NC(=O)C1CCN(C(C)C(=O)Nc2ccc(C(N)=O)cc2)CC1. The zero-order valence-electron chi connectivity index (χ0n) is 15.6. The highest BCUT2D eigenvalue weighted by molar-refractivity contribution is 5.96. The van der Waals surface area contributed by atoms with Gasteiger partial charge in [0.1, 0.15) is 0 Å². The first-order valence-electron chi connectivity index (χ1n) is 9.03. The molecule has 1 atom stereocenters. The Hall–Kier alpha value is -2.41. The van der Waals surface area contributed by atoms with Gasteiger partial charge in [-0.15, -0.1) is 0 Å². The number of nitrogens with two attached hydrogens (primary N) is 1. The van der Waals surface area contributed by atoms with Crippen LogP contribution in [0.1, 0.15) is 44.0 Å². The molecule has 1 aliphatic heterocycles. The van der Waals surface area contributed by atoms with Crippen molar-refractivity contribution in [2.75, 3.05) is 18.4 Å². The van der Waals surface area contributed by atoms with E-state index in [1.54, 1.807) is 24.3 Å². The lowest BCUT2D eigenvalue weighted by Crippen LogP contribution is -2.48. The molecule has 7 nitrogen and oxygen atoms in total. The Morgan fingerprint density at radius 3 is 2.15 bits per heavy atom. The number of benzene rings is 1. The molecule has 3 amide bonds. The fourth-order valence-electron chi connectivity index (χ4n) is 3.08. The first-order valence-corrected chi connectivity index (χ1v) is 9.03. The Bertz CT molecular complexity index is 649. The lowest BCUT2D eigenvalue weighted by Gasteiger charge is -2.35. The third-order valence-corrected chi connectivity index (χ3v) is 4.70. The van der Waals surface area contributed by atoms with Crippen LogP contribution in [0, 0.1) is 5.92 Å². The van der Waals surface area contributed by atoms with Crippen LogP contribution >= 0.6 is 0 Å². The van der Waals surface area contributed by atoms with Crippen molar-refractivity contribution in [3.63, 3.8) is 0 Å². The van der Waals surface area contributed by atoms with Gasteiger partial charge in [-0.3, -0.25) is 19.3 Å². The van der Waals surface area contributed by atoms with Crippen LogP contribution in [-0.2, 0) is 9.59 Å². The van der Waals surface area contributed by atoms with Crippen molar-refractivity contribution in [1.82, 2.24) is 10.2 Å². The quantitative estimate of drug-likeness (QED) is 0.712. The number of nitrogens with zero attached hydrogens (tertiary/aromatic N) is 1. The van der Waals surface area contributed by atoms with Gasteiger partial charge in [0.05, 0.1) is 6.04 Å². The summed E-state index contributed by atoms with van der Waals surface area (Å²) in [6, 6.07) is 6.34. The fraction of sp³-hybridized carbons (Fsp3) is 0.526. The fourth-order valence-corrected chi connectivity index (χ4v) is 3.08. The van der Waals surface area contributed by atoms with Crippen molar-refractivity contribution in [1.29, 1.82) is 0 Å². The van der Waals surface area contributed by atoms with Crippen LogP contribution in [0.15, 0.2) is 24.3 Å². The molecule has 0 spiro atoms. The highest BCUT2D eigenvalue weighted by Crippen LogP contribution is 2.20. The number of hydrogen-bond donors (Lipinski definition) is 3. The monoisotopic (exact) mass is 360 g/mol.